The van der Waals surface area contributed by atoms with E-state index in [1.807, 2.05) is 6.07 Å². The standard InChI is InChI=1S/C20H25N3O3S/c1-26-18(24)19(6-3-7-19)20(25)8-10-23(11-9-20)17-15-12-14(27-2)4-5-16(15)21-13-22-17/h4-5,12-13,25H,3,6-11H2,1-2H3. The Hall–Kier alpha value is -1.86. The van der Waals surface area contributed by atoms with Gasteiger partial charge < -0.3 is 14.7 Å². The lowest BCUT2D eigenvalue weighted by atomic mass is 9.56. The van der Waals surface area contributed by atoms with E-state index in [0.717, 1.165) is 23.1 Å². The zero-order valence-electron chi connectivity index (χ0n) is 15.8. The lowest BCUT2D eigenvalue weighted by Crippen LogP contribution is -2.61. The Morgan fingerprint density at radius 3 is 2.56 bits per heavy atom. The normalized spacial score (nSPS) is 20.9. The van der Waals surface area contributed by atoms with Crippen LogP contribution in [-0.2, 0) is 9.53 Å². The van der Waals surface area contributed by atoms with Gasteiger partial charge in [0.05, 0.1) is 23.6 Å². The van der Waals surface area contributed by atoms with Crippen LogP contribution in [-0.4, -0.2) is 53.1 Å². The number of carbonyl (C=O) groups excluding carboxylic acids is 1. The van der Waals surface area contributed by atoms with E-state index in [0.29, 0.717) is 38.8 Å². The number of aromatic nitrogens is 2. The average Bonchev–Trinajstić information content (AvgIpc) is 2.66. The van der Waals surface area contributed by atoms with Crippen molar-refractivity contribution < 1.29 is 14.6 Å². The van der Waals surface area contributed by atoms with Crippen LogP contribution in [0.4, 0.5) is 5.82 Å². The third-order valence-corrected chi connectivity index (χ3v) is 7.11. The zero-order chi connectivity index (χ0) is 19.1. The maximum Gasteiger partial charge on any atom is 0.314 e. The highest BCUT2D eigenvalue weighted by atomic mass is 32.2. The van der Waals surface area contributed by atoms with E-state index < -0.39 is 11.0 Å². The summed E-state index contributed by atoms with van der Waals surface area (Å²) in [7, 11) is 1.41. The van der Waals surface area contributed by atoms with Crippen LogP contribution in [0.5, 0.6) is 0 Å². The first-order chi connectivity index (χ1) is 13.0. The molecule has 27 heavy (non-hydrogen) atoms. The third kappa shape index (κ3) is 2.88. The van der Waals surface area contributed by atoms with E-state index in [2.05, 4.69) is 33.3 Å². The largest absolute Gasteiger partial charge is 0.469 e. The first-order valence-electron chi connectivity index (χ1n) is 9.37. The Bertz CT molecular complexity index is 861. The van der Waals surface area contributed by atoms with Crippen molar-refractivity contribution in [3.63, 3.8) is 0 Å². The second kappa shape index (κ2) is 6.95. The van der Waals surface area contributed by atoms with Gasteiger partial charge in [0.2, 0.25) is 0 Å². The van der Waals surface area contributed by atoms with Crippen molar-refractivity contribution in [2.24, 2.45) is 5.41 Å². The topological polar surface area (TPSA) is 75.6 Å². The number of benzene rings is 1. The minimum atomic E-state index is -0.998. The summed E-state index contributed by atoms with van der Waals surface area (Å²) in [5, 5.41) is 12.4. The molecule has 2 aliphatic rings. The molecule has 0 amide bonds. The Balaban J connectivity index is 1.60. The van der Waals surface area contributed by atoms with E-state index in [4.69, 9.17) is 4.74 Å². The molecule has 1 aromatic carbocycles. The van der Waals surface area contributed by atoms with E-state index in [1.54, 1.807) is 18.1 Å². The van der Waals surface area contributed by atoms with Crippen LogP contribution >= 0.6 is 11.8 Å². The van der Waals surface area contributed by atoms with Crippen molar-refractivity contribution >= 4 is 34.5 Å². The van der Waals surface area contributed by atoms with E-state index in [1.165, 1.54) is 12.0 Å². The molecule has 2 heterocycles. The molecule has 7 heteroatoms. The lowest BCUT2D eigenvalue weighted by Gasteiger charge is -2.53. The molecule has 0 bridgehead atoms. The quantitative estimate of drug-likeness (QED) is 0.638. The first-order valence-corrected chi connectivity index (χ1v) is 10.6. The molecular formula is C20H25N3O3S. The molecule has 1 N–H and O–H groups in total. The molecular weight excluding hydrogens is 362 g/mol. The fourth-order valence-corrected chi connectivity index (χ4v) is 4.99. The number of aliphatic hydroxyl groups is 1. The summed E-state index contributed by atoms with van der Waals surface area (Å²) in [6, 6.07) is 6.21. The molecule has 6 nitrogen and oxygen atoms in total. The molecule has 1 saturated heterocycles. The highest BCUT2D eigenvalue weighted by molar-refractivity contribution is 7.98. The minimum Gasteiger partial charge on any atom is -0.469 e. The molecule has 0 atom stereocenters. The highest BCUT2D eigenvalue weighted by Gasteiger charge is 2.60. The maximum absolute atomic E-state index is 12.4. The Kier molecular flexibility index (Phi) is 4.76. The number of rotatable bonds is 4. The number of nitrogens with zero attached hydrogens (tertiary/aromatic N) is 3. The van der Waals surface area contributed by atoms with Crippen molar-refractivity contribution in [3.8, 4) is 0 Å². The van der Waals surface area contributed by atoms with Crippen LogP contribution in [0, 0.1) is 5.41 Å². The molecule has 0 spiro atoms. The number of carbonyl (C=O) groups is 1. The summed E-state index contributed by atoms with van der Waals surface area (Å²) in [5.41, 5.74) is -0.806. The smallest absolute Gasteiger partial charge is 0.314 e. The molecule has 1 aliphatic carbocycles. The molecule has 2 aromatic rings. The van der Waals surface area contributed by atoms with Gasteiger partial charge in [-0.3, -0.25) is 4.79 Å². The van der Waals surface area contributed by atoms with Crippen LogP contribution in [0.25, 0.3) is 10.9 Å². The number of fused-ring (bicyclic) bond motifs is 1. The number of ether oxygens (including phenoxy) is 1. The highest BCUT2D eigenvalue weighted by Crippen LogP contribution is 2.54. The number of hydrogen-bond acceptors (Lipinski definition) is 7. The molecule has 0 unspecified atom stereocenters. The number of hydrogen-bond donors (Lipinski definition) is 1. The molecule has 0 radical (unpaired) electrons. The summed E-state index contributed by atoms with van der Waals surface area (Å²) in [4.78, 5) is 24.7. The Morgan fingerprint density at radius 1 is 1.22 bits per heavy atom. The van der Waals surface area contributed by atoms with Gasteiger partial charge >= 0.3 is 5.97 Å². The van der Waals surface area contributed by atoms with Gasteiger partial charge in [0.1, 0.15) is 12.1 Å². The van der Waals surface area contributed by atoms with Crippen LogP contribution in [0.2, 0.25) is 0 Å². The minimum absolute atomic E-state index is 0.262. The van der Waals surface area contributed by atoms with Gasteiger partial charge in [-0.05, 0) is 50.1 Å². The zero-order valence-corrected chi connectivity index (χ0v) is 16.6. The molecule has 1 aliphatic heterocycles. The van der Waals surface area contributed by atoms with Crippen LogP contribution < -0.4 is 4.90 Å². The number of methoxy groups -OCH3 is 1. The number of piperidine rings is 1. The van der Waals surface area contributed by atoms with Gasteiger partial charge in [-0.25, -0.2) is 9.97 Å². The summed E-state index contributed by atoms with van der Waals surface area (Å²) in [6.07, 6.45) is 7.11. The van der Waals surface area contributed by atoms with Gasteiger partial charge in [-0.15, -0.1) is 11.8 Å². The summed E-state index contributed by atoms with van der Waals surface area (Å²) >= 11 is 1.69. The predicted molar refractivity (Wildman–Crippen MR) is 106 cm³/mol. The molecule has 1 saturated carbocycles. The SMILES string of the molecule is COC(=O)C1(C2(O)CCN(c3ncnc4ccc(SC)cc34)CC2)CCC1. The number of anilines is 1. The molecule has 2 fully saturated rings. The van der Waals surface area contributed by atoms with Crippen molar-refractivity contribution in [2.45, 2.75) is 42.6 Å². The number of esters is 1. The van der Waals surface area contributed by atoms with Crippen molar-refractivity contribution in [3.05, 3.63) is 24.5 Å². The second-order valence-electron chi connectivity index (χ2n) is 7.53. The first kappa shape index (κ1) is 18.5. The van der Waals surface area contributed by atoms with Crippen molar-refractivity contribution in [1.29, 1.82) is 0 Å². The third-order valence-electron chi connectivity index (χ3n) is 6.39. The maximum atomic E-state index is 12.4. The van der Waals surface area contributed by atoms with E-state index in [-0.39, 0.29) is 5.97 Å². The fourth-order valence-electron chi connectivity index (χ4n) is 4.55. The van der Waals surface area contributed by atoms with Gasteiger partial charge in [0.15, 0.2) is 0 Å². The van der Waals surface area contributed by atoms with Crippen LogP contribution in [0.3, 0.4) is 0 Å². The summed E-state index contributed by atoms with van der Waals surface area (Å²) < 4.78 is 5.04. The van der Waals surface area contributed by atoms with Gasteiger partial charge in [-0.1, -0.05) is 6.42 Å². The Labute approximate surface area is 163 Å². The van der Waals surface area contributed by atoms with E-state index in [9.17, 15) is 9.90 Å². The van der Waals surface area contributed by atoms with Gasteiger partial charge in [-0.2, -0.15) is 0 Å². The second-order valence-corrected chi connectivity index (χ2v) is 8.41. The van der Waals surface area contributed by atoms with Gasteiger partial charge in [0, 0.05) is 23.4 Å². The van der Waals surface area contributed by atoms with E-state index >= 15 is 0 Å². The Morgan fingerprint density at radius 2 is 1.96 bits per heavy atom. The summed E-state index contributed by atoms with van der Waals surface area (Å²) in [5.74, 6) is 0.639. The monoisotopic (exact) mass is 387 g/mol. The van der Waals surface area contributed by atoms with Crippen LogP contribution in [0.15, 0.2) is 29.4 Å². The van der Waals surface area contributed by atoms with Crippen molar-refractivity contribution in [1.82, 2.24) is 9.97 Å². The van der Waals surface area contributed by atoms with Gasteiger partial charge in [0.25, 0.3) is 0 Å². The van der Waals surface area contributed by atoms with Crippen LogP contribution in [0.1, 0.15) is 32.1 Å². The predicted octanol–water partition coefficient (Wildman–Crippen LogP) is 3.03. The molecule has 4 rings (SSSR count). The number of thioether (sulfide) groups is 1. The fraction of sp³-hybridized carbons (Fsp3) is 0.550. The molecule has 144 valence electrons. The molecule has 1 aromatic heterocycles. The lowest BCUT2D eigenvalue weighted by molar-refractivity contribution is -0.192. The van der Waals surface area contributed by atoms with Crippen molar-refractivity contribution in [2.75, 3.05) is 31.4 Å². The average molecular weight is 388 g/mol. The summed E-state index contributed by atoms with van der Waals surface area (Å²) in [6.45, 7) is 1.32.